The number of benzene rings is 1. The summed E-state index contributed by atoms with van der Waals surface area (Å²) < 4.78 is 10.6. The molecular weight excluding hydrogens is 316 g/mol. The molecule has 0 radical (unpaired) electrons. The van der Waals surface area contributed by atoms with Gasteiger partial charge in [-0.2, -0.15) is 0 Å². The Bertz CT molecular complexity index is 703. The van der Waals surface area contributed by atoms with Crippen LogP contribution < -0.4 is 4.74 Å². The van der Waals surface area contributed by atoms with Crippen LogP contribution in [0.5, 0.6) is 5.75 Å². The highest BCUT2D eigenvalue weighted by Gasteiger charge is 2.47. The fraction of sp³-hybridized carbons (Fsp3) is 0.450. The molecule has 1 saturated carbocycles. The zero-order valence-electron chi connectivity index (χ0n) is 14.6. The SMILES string of the molecule is COc1ccc(CN2CCN(C(=O)[C@H]3C[C@H]3c3ccco3)CC2)cc1. The summed E-state index contributed by atoms with van der Waals surface area (Å²) in [7, 11) is 1.68. The van der Waals surface area contributed by atoms with E-state index in [2.05, 4.69) is 17.0 Å². The van der Waals surface area contributed by atoms with Gasteiger partial charge in [-0.05, 0) is 36.2 Å². The van der Waals surface area contributed by atoms with Crippen molar-refractivity contribution >= 4 is 5.91 Å². The number of carbonyl (C=O) groups is 1. The van der Waals surface area contributed by atoms with Gasteiger partial charge in [0.05, 0.1) is 13.4 Å². The molecule has 0 bridgehead atoms. The van der Waals surface area contributed by atoms with E-state index in [0.29, 0.717) is 11.8 Å². The summed E-state index contributed by atoms with van der Waals surface area (Å²) in [6.45, 7) is 4.41. The Balaban J connectivity index is 1.26. The Morgan fingerprint density at radius 2 is 1.92 bits per heavy atom. The van der Waals surface area contributed by atoms with Crippen LogP contribution in [0.3, 0.4) is 0 Å². The molecule has 2 aliphatic rings. The van der Waals surface area contributed by atoms with Crippen LogP contribution in [-0.2, 0) is 11.3 Å². The maximum Gasteiger partial charge on any atom is 0.226 e. The van der Waals surface area contributed by atoms with Crippen LogP contribution in [-0.4, -0.2) is 49.0 Å². The molecule has 1 aromatic heterocycles. The topological polar surface area (TPSA) is 45.9 Å². The lowest BCUT2D eigenvalue weighted by Gasteiger charge is -2.35. The minimum atomic E-state index is 0.124. The number of methoxy groups -OCH3 is 1. The zero-order chi connectivity index (χ0) is 17.2. The van der Waals surface area contributed by atoms with E-state index < -0.39 is 0 Å². The summed E-state index contributed by atoms with van der Waals surface area (Å²) in [5, 5.41) is 0. The normalized spacial score (nSPS) is 23.5. The van der Waals surface area contributed by atoms with E-state index in [1.54, 1.807) is 13.4 Å². The summed E-state index contributed by atoms with van der Waals surface area (Å²) in [6, 6.07) is 12.1. The highest BCUT2D eigenvalue weighted by Crippen LogP contribution is 2.48. The molecule has 132 valence electrons. The first-order valence-corrected chi connectivity index (χ1v) is 8.92. The van der Waals surface area contributed by atoms with E-state index in [0.717, 1.165) is 50.7 Å². The van der Waals surface area contributed by atoms with Crippen molar-refractivity contribution in [3.63, 3.8) is 0 Å². The molecule has 2 heterocycles. The number of nitrogens with zero attached hydrogens (tertiary/aromatic N) is 2. The van der Waals surface area contributed by atoms with E-state index in [4.69, 9.17) is 9.15 Å². The Morgan fingerprint density at radius 3 is 2.56 bits per heavy atom. The Kier molecular flexibility index (Phi) is 4.49. The third-order valence-electron chi connectivity index (χ3n) is 5.27. The molecule has 1 amide bonds. The number of piperazine rings is 1. The third kappa shape index (κ3) is 3.56. The van der Waals surface area contributed by atoms with Crippen molar-refractivity contribution in [1.29, 1.82) is 0 Å². The van der Waals surface area contributed by atoms with Gasteiger partial charge in [0.25, 0.3) is 0 Å². The molecular formula is C20H24N2O3. The van der Waals surface area contributed by atoms with Crippen molar-refractivity contribution in [1.82, 2.24) is 9.80 Å². The van der Waals surface area contributed by atoms with Crippen LogP contribution in [0, 0.1) is 5.92 Å². The fourth-order valence-corrected chi connectivity index (χ4v) is 3.63. The van der Waals surface area contributed by atoms with Crippen molar-refractivity contribution < 1.29 is 13.9 Å². The highest BCUT2D eigenvalue weighted by molar-refractivity contribution is 5.83. The van der Waals surface area contributed by atoms with E-state index in [-0.39, 0.29) is 5.92 Å². The fourth-order valence-electron chi connectivity index (χ4n) is 3.63. The number of ether oxygens (including phenoxy) is 1. The maximum atomic E-state index is 12.7. The van der Waals surface area contributed by atoms with Gasteiger partial charge in [-0.25, -0.2) is 0 Å². The van der Waals surface area contributed by atoms with Crippen LogP contribution >= 0.6 is 0 Å². The molecule has 0 spiro atoms. The number of furan rings is 1. The summed E-state index contributed by atoms with van der Waals surface area (Å²) in [5.74, 6) is 2.55. The van der Waals surface area contributed by atoms with Gasteiger partial charge in [0.2, 0.25) is 5.91 Å². The lowest BCUT2D eigenvalue weighted by molar-refractivity contribution is -0.134. The van der Waals surface area contributed by atoms with Crippen molar-refractivity contribution in [2.75, 3.05) is 33.3 Å². The van der Waals surface area contributed by atoms with Crippen LogP contribution in [0.15, 0.2) is 47.1 Å². The quantitative estimate of drug-likeness (QED) is 0.840. The Hall–Kier alpha value is -2.27. The molecule has 0 N–H and O–H groups in total. The molecule has 1 aliphatic carbocycles. The van der Waals surface area contributed by atoms with E-state index in [9.17, 15) is 4.79 Å². The van der Waals surface area contributed by atoms with Gasteiger partial charge in [0.15, 0.2) is 0 Å². The molecule has 0 unspecified atom stereocenters. The highest BCUT2D eigenvalue weighted by atomic mass is 16.5. The minimum absolute atomic E-state index is 0.124. The summed E-state index contributed by atoms with van der Waals surface area (Å²) >= 11 is 0. The molecule has 1 aromatic carbocycles. The van der Waals surface area contributed by atoms with Gasteiger partial charge in [-0.3, -0.25) is 9.69 Å². The maximum absolute atomic E-state index is 12.7. The number of carbonyl (C=O) groups excluding carboxylic acids is 1. The Morgan fingerprint density at radius 1 is 1.16 bits per heavy atom. The number of rotatable bonds is 5. The predicted octanol–water partition coefficient (Wildman–Crippen LogP) is 2.74. The summed E-state index contributed by atoms with van der Waals surface area (Å²) in [4.78, 5) is 17.1. The second-order valence-corrected chi connectivity index (χ2v) is 6.91. The van der Waals surface area contributed by atoms with Gasteiger partial charge in [-0.1, -0.05) is 12.1 Å². The average Bonchev–Trinajstić information content (AvgIpc) is 3.27. The van der Waals surface area contributed by atoms with Crippen LogP contribution in [0.4, 0.5) is 0 Å². The van der Waals surface area contributed by atoms with Gasteiger partial charge < -0.3 is 14.1 Å². The second kappa shape index (κ2) is 6.92. The van der Waals surface area contributed by atoms with Crippen molar-refractivity contribution in [3.8, 4) is 5.75 Å². The molecule has 2 fully saturated rings. The Labute approximate surface area is 148 Å². The van der Waals surface area contributed by atoms with Crippen LogP contribution in [0.25, 0.3) is 0 Å². The standard InChI is InChI=1S/C20H24N2O3/c1-24-16-6-4-15(5-7-16)14-21-8-10-22(11-9-21)20(23)18-13-17(18)19-3-2-12-25-19/h2-7,12,17-18H,8-11,13-14H2,1H3/t17-,18+/m1/s1. The van der Waals surface area contributed by atoms with Crippen molar-refractivity contribution in [3.05, 3.63) is 54.0 Å². The molecule has 25 heavy (non-hydrogen) atoms. The number of amides is 1. The first-order chi connectivity index (χ1) is 12.2. The van der Waals surface area contributed by atoms with Crippen LogP contribution in [0.1, 0.15) is 23.7 Å². The first-order valence-electron chi connectivity index (χ1n) is 8.92. The molecule has 2 atom stereocenters. The molecule has 1 saturated heterocycles. The largest absolute Gasteiger partial charge is 0.497 e. The van der Waals surface area contributed by atoms with Gasteiger partial charge in [0, 0.05) is 44.6 Å². The number of hydrogen-bond acceptors (Lipinski definition) is 4. The number of hydrogen-bond donors (Lipinski definition) is 0. The lowest BCUT2D eigenvalue weighted by Crippen LogP contribution is -2.48. The monoisotopic (exact) mass is 340 g/mol. The summed E-state index contributed by atoms with van der Waals surface area (Å²) in [5.41, 5.74) is 1.28. The average molecular weight is 340 g/mol. The molecule has 2 aromatic rings. The van der Waals surface area contributed by atoms with Gasteiger partial charge in [-0.15, -0.1) is 0 Å². The van der Waals surface area contributed by atoms with Crippen molar-refractivity contribution in [2.24, 2.45) is 5.92 Å². The molecule has 4 rings (SSSR count). The lowest BCUT2D eigenvalue weighted by atomic mass is 10.1. The van der Waals surface area contributed by atoms with Crippen LogP contribution in [0.2, 0.25) is 0 Å². The van der Waals surface area contributed by atoms with E-state index in [1.807, 2.05) is 29.2 Å². The first kappa shape index (κ1) is 16.2. The van der Waals surface area contributed by atoms with Crippen molar-refractivity contribution in [2.45, 2.75) is 18.9 Å². The molecule has 5 nitrogen and oxygen atoms in total. The third-order valence-corrected chi connectivity index (χ3v) is 5.27. The van der Waals surface area contributed by atoms with Gasteiger partial charge in [0.1, 0.15) is 11.5 Å². The zero-order valence-corrected chi connectivity index (χ0v) is 14.6. The predicted molar refractivity (Wildman–Crippen MR) is 94.4 cm³/mol. The van der Waals surface area contributed by atoms with E-state index >= 15 is 0 Å². The minimum Gasteiger partial charge on any atom is -0.497 e. The second-order valence-electron chi connectivity index (χ2n) is 6.91. The summed E-state index contributed by atoms with van der Waals surface area (Å²) in [6.07, 6.45) is 2.62. The van der Waals surface area contributed by atoms with E-state index in [1.165, 1.54) is 5.56 Å². The van der Waals surface area contributed by atoms with Gasteiger partial charge >= 0.3 is 0 Å². The smallest absolute Gasteiger partial charge is 0.226 e. The molecule has 5 heteroatoms. The molecule has 1 aliphatic heterocycles.